The quantitative estimate of drug-likeness (QED) is 0.448. The largest absolute Gasteiger partial charge is 0.419 e. The Hall–Kier alpha value is -1.72. The molecule has 0 aliphatic heterocycles. The molecule has 0 amide bonds. The highest BCUT2D eigenvalue weighted by Crippen LogP contribution is 2.33. The molecule has 0 N–H and O–H groups in total. The van der Waals surface area contributed by atoms with Gasteiger partial charge in [-0.1, -0.05) is 0 Å². The molecule has 0 heterocycles. The molecule has 0 aromatic heterocycles. The molecule has 0 unspecified atom stereocenters. The summed E-state index contributed by atoms with van der Waals surface area (Å²) in [6.45, 7) is 1.03. The Kier molecular flexibility index (Phi) is 3.11. The number of hydrogen-bond acceptors (Lipinski definition) is 2. The Morgan fingerprint density at radius 1 is 1.31 bits per heavy atom. The lowest BCUT2D eigenvalue weighted by molar-refractivity contribution is -0.140. The van der Waals surface area contributed by atoms with Gasteiger partial charge < -0.3 is 0 Å². The van der Waals surface area contributed by atoms with Crippen molar-refractivity contribution in [3.63, 3.8) is 0 Å². The van der Waals surface area contributed by atoms with Crippen LogP contribution in [0.1, 0.15) is 33.2 Å². The number of rotatable bonds is 2. The molecular formula is C10H6F4O2. The van der Waals surface area contributed by atoms with Crippen LogP contribution in [0.4, 0.5) is 17.6 Å². The number of ketones is 1. The van der Waals surface area contributed by atoms with Crippen LogP contribution in [0.5, 0.6) is 0 Å². The van der Waals surface area contributed by atoms with Gasteiger partial charge in [0.25, 0.3) is 0 Å². The summed E-state index contributed by atoms with van der Waals surface area (Å²) >= 11 is 0. The number of Topliss-reactive ketones (excluding diaryl/α,β-unsaturated/α-hetero) is 1. The van der Waals surface area contributed by atoms with Crippen LogP contribution in [0.2, 0.25) is 0 Å². The SMILES string of the molecule is CC(=O)c1cc(C=O)c(F)c(C(F)(F)F)c1. The molecule has 1 rings (SSSR count). The second kappa shape index (κ2) is 4.03. The number of alkyl halides is 3. The predicted molar refractivity (Wildman–Crippen MR) is 46.8 cm³/mol. The highest BCUT2D eigenvalue weighted by atomic mass is 19.4. The molecule has 1 aromatic rings. The minimum Gasteiger partial charge on any atom is -0.298 e. The Balaban J connectivity index is 3.54. The van der Waals surface area contributed by atoms with Gasteiger partial charge in [0.1, 0.15) is 5.82 Å². The van der Waals surface area contributed by atoms with Gasteiger partial charge in [0.15, 0.2) is 12.1 Å². The lowest BCUT2D eigenvalue weighted by Crippen LogP contribution is -2.12. The van der Waals surface area contributed by atoms with Crippen molar-refractivity contribution < 1.29 is 27.2 Å². The first-order chi connectivity index (χ1) is 7.27. The van der Waals surface area contributed by atoms with E-state index < -0.39 is 28.9 Å². The fraction of sp³-hybridized carbons (Fsp3) is 0.200. The number of halogens is 4. The van der Waals surface area contributed by atoms with Crippen LogP contribution in [0.15, 0.2) is 12.1 Å². The average Bonchev–Trinajstić information content (AvgIpc) is 2.15. The fourth-order valence-electron chi connectivity index (χ4n) is 1.14. The van der Waals surface area contributed by atoms with Crippen molar-refractivity contribution in [1.82, 2.24) is 0 Å². The van der Waals surface area contributed by atoms with Crippen LogP contribution >= 0.6 is 0 Å². The van der Waals surface area contributed by atoms with E-state index >= 15 is 0 Å². The van der Waals surface area contributed by atoms with E-state index in [1.165, 1.54) is 0 Å². The number of aldehydes is 1. The average molecular weight is 234 g/mol. The van der Waals surface area contributed by atoms with E-state index in [0.29, 0.717) is 6.07 Å². The lowest BCUT2D eigenvalue weighted by Gasteiger charge is -2.10. The molecule has 0 fully saturated rings. The first-order valence-corrected chi connectivity index (χ1v) is 4.14. The van der Waals surface area contributed by atoms with Crippen LogP contribution in [0.25, 0.3) is 0 Å². The van der Waals surface area contributed by atoms with E-state index in [4.69, 9.17) is 0 Å². The number of benzene rings is 1. The zero-order valence-corrected chi connectivity index (χ0v) is 8.06. The first kappa shape index (κ1) is 12.4. The molecule has 1 aromatic carbocycles. The van der Waals surface area contributed by atoms with Gasteiger partial charge in [0.05, 0.1) is 11.1 Å². The third-order valence-corrected chi connectivity index (χ3v) is 1.94. The Morgan fingerprint density at radius 2 is 1.88 bits per heavy atom. The molecule has 0 radical (unpaired) electrons. The summed E-state index contributed by atoms with van der Waals surface area (Å²) < 4.78 is 50.2. The summed E-state index contributed by atoms with van der Waals surface area (Å²) in [6, 6.07) is 1.19. The highest BCUT2D eigenvalue weighted by Gasteiger charge is 2.35. The molecule has 16 heavy (non-hydrogen) atoms. The van der Waals surface area contributed by atoms with Crippen LogP contribution in [-0.4, -0.2) is 12.1 Å². The Labute approximate surface area is 87.9 Å². The third kappa shape index (κ3) is 2.26. The zero-order valence-electron chi connectivity index (χ0n) is 8.06. The molecular weight excluding hydrogens is 228 g/mol. The Bertz CT molecular complexity index is 449. The predicted octanol–water partition coefficient (Wildman–Crippen LogP) is 2.86. The van der Waals surface area contributed by atoms with Gasteiger partial charge in [-0.15, -0.1) is 0 Å². The zero-order chi connectivity index (χ0) is 12.5. The normalized spacial score (nSPS) is 11.3. The standard InChI is InChI=1S/C10H6F4O2/c1-5(16)6-2-7(4-15)9(11)8(3-6)10(12,13)14/h2-4H,1H3. The summed E-state index contributed by atoms with van der Waals surface area (Å²) in [5, 5.41) is 0. The van der Waals surface area contributed by atoms with E-state index in [0.717, 1.165) is 13.0 Å². The molecule has 0 aliphatic carbocycles. The molecule has 0 saturated carbocycles. The molecule has 0 atom stereocenters. The van der Waals surface area contributed by atoms with Crippen LogP contribution in [0, 0.1) is 5.82 Å². The van der Waals surface area contributed by atoms with Crippen LogP contribution < -0.4 is 0 Å². The van der Waals surface area contributed by atoms with Crippen molar-refractivity contribution in [1.29, 1.82) is 0 Å². The smallest absolute Gasteiger partial charge is 0.298 e. The summed E-state index contributed by atoms with van der Waals surface area (Å²) in [6.07, 6.45) is -5.00. The summed E-state index contributed by atoms with van der Waals surface area (Å²) in [4.78, 5) is 21.3. The van der Waals surface area contributed by atoms with E-state index in [-0.39, 0.29) is 11.8 Å². The van der Waals surface area contributed by atoms with Crippen molar-refractivity contribution in [3.05, 3.63) is 34.6 Å². The Morgan fingerprint density at radius 3 is 2.25 bits per heavy atom. The molecule has 0 bridgehead atoms. The molecule has 86 valence electrons. The van der Waals surface area contributed by atoms with Crippen molar-refractivity contribution in [3.8, 4) is 0 Å². The van der Waals surface area contributed by atoms with Gasteiger partial charge in [-0.2, -0.15) is 13.2 Å². The topological polar surface area (TPSA) is 34.1 Å². The summed E-state index contributed by atoms with van der Waals surface area (Å²) in [7, 11) is 0. The molecule has 6 heteroatoms. The maximum atomic E-state index is 13.1. The highest BCUT2D eigenvalue weighted by molar-refractivity contribution is 5.96. The van der Waals surface area contributed by atoms with Crippen LogP contribution in [0.3, 0.4) is 0 Å². The van der Waals surface area contributed by atoms with Crippen molar-refractivity contribution in [2.24, 2.45) is 0 Å². The molecule has 2 nitrogen and oxygen atoms in total. The first-order valence-electron chi connectivity index (χ1n) is 4.14. The lowest BCUT2D eigenvalue weighted by atomic mass is 10.0. The van der Waals surface area contributed by atoms with Gasteiger partial charge in [0.2, 0.25) is 0 Å². The maximum absolute atomic E-state index is 13.1. The third-order valence-electron chi connectivity index (χ3n) is 1.94. The van der Waals surface area contributed by atoms with Crippen molar-refractivity contribution >= 4 is 12.1 Å². The number of carbonyl (C=O) groups excluding carboxylic acids is 2. The van der Waals surface area contributed by atoms with Crippen LogP contribution in [-0.2, 0) is 6.18 Å². The molecule has 0 spiro atoms. The maximum Gasteiger partial charge on any atom is 0.419 e. The van der Waals surface area contributed by atoms with Gasteiger partial charge in [-0.25, -0.2) is 4.39 Å². The molecule has 0 aliphatic rings. The second-order valence-corrected chi connectivity index (χ2v) is 3.10. The minimum absolute atomic E-state index is 0.0585. The van der Waals surface area contributed by atoms with Gasteiger partial charge in [0, 0.05) is 5.56 Å². The van der Waals surface area contributed by atoms with E-state index in [2.05, 4.69) is 0 Å². The van der Waals surface area contributed by atoms with Crippen molar-refractivity contribution in [2.45, 2.75) is 13.1 Å². The van der Waals surface area contributed by atoms with Crippen molar-refractivity contribution in [2.75, 3.05) is 0 Å². The molecule has 0 saturated heterocycles. The number of hydrogen-bond donors (Lipinski definition) is 0. The second-order valence-electron chi connectivity index (χ2n) is 3.10. The summed E-state index contributed by atoms with van der Waals surface area (Å²) in [5.41, 5.74) is -2.74. The van der Waals surface area contributed by atoms with Gasteiger partial charge in [-0.05, 0) is 19.1 Å². The summed E-state index contributed by atoms with van der Waals surface area (Å²) in [5.74, 6) is -2.33. The minimum atomic E-state index is -4.94. The fourth-order valence-corrected chi connectivity index (χ4v) is 1.14. The van der Waals surface area contributed by atoms with E-state index in [1.54, 1.807) is 0 Å². The van der Waals surface area contributed by atoms with E-state index in [9.17, 15) is 27.2 Å². The van der Waals surface area contributed by atoms with Gasteiger partial charge >= 0.3 is 6.18 Å². The monoisotopic (exact) mass is 234 g/mol. The van der Waals surface area contributed by atoms with E-state index in [1.807, 2.05) is 0 Å². The van der Waals surface area contributed by atoms with Gasteiger partial charge in [-0.3, -0.25) is 9.59 Å². The number of carbonyl (C=O) groups is 2.